The van der Waals surface area contributed by atoms with E-state index in [0.29, 0.717) is 23.0 Å². The van der Waals surface area contributed by atoms with E-state index in [1.165, 1.54) is 0 Å². The first-order chi connectivity index (χ1) is 7.22. The molecule has 1 aromatic rings. The molecule has 1 saturated heterocycles. The van der Waals surface area contributed by atoms with Crippen LogP contribution >= 0.6 is 15.9 Å². The molecule has 1 fully saturated rings. The first-order valence-corrected chi connectivity index (χ1v) is 5.78. The number of nitrogens with zero attached hydrogens (tertiary/aromatic N) is 1. The lowest BCUT2D eigenvalue weighted by atomic mass is 10.1. The zero-order valence-electron chi connectivity index (χ0n) is 8.50. The summed E-state index contributed by atoms with van der Waals surface area (Å²) in [4.78, 5) is 13.8. The van der Waals surface area contributed by atoms with E-state index in [1.807, 2.05) is 11.8 Å². The van der Waals surface area contributed by atoms with Crippen molar-refractivity contribution in [3.63, 3.8) is 0 Å². The molecule has 1 aromatic heterocycles. The number of hydrogen-bond acceptors (Lipinski definition) is 3. The van der Waals surface area contributed by atoms with Gasteiger partial charge in [0.2, 0.25) is 0 Å². The quantitative estimate of drug-likeness (QED) is 0.907. The Labute approximate surface area is 96.7 Å². The van der Waals surface area contributed by atoms with Crippen LogP contribution < -0.4 is 5.32 Å². The van der Waals surface area contributed by atoms with Crippen LogP contribution in [0.4, 0.5) is 0 Å². The smallest absolute Gasteiger partial charge is 0.289 e. The molecule has 0 radical (unpaired) electrons. The van der Waals surface area contributed by atoms with E-state index in [4.69, 9.17) is 4.42 Å². The molecule has 82 valence electrons. The highest BCUT2D eigenvalue weighted by molar-refractivity contribution is 9.10. The second-order valence-corrected chi connectivity index (χ2v) is 4.29. The second-order valence-electron chi connectivity index (χ2n) is 3.51. The topological polar surface area (TPSA) is 45.5 Å². The fraction of sp³-hybridized carbons (Fsp3) is 0.500. The lowest BCUT2D eigenvalue weighted by Crippen LogP contribution is -2.58. The number of rotatable bonds is 3. The molecule has 0 spiro atoms. The molecule has 0 saturated carbocycles. The standard InChI is InChI=1S/C10H13BrN2O2/c1-2-13(7-5-12-6-7)10(14)8-3-4-9(11)15-8/h3-4,7,12H,2,5-6H2,1H3. The highest BCUT2D eigenvalue weighted by Crippen LogP contribution is 2.17. The Kier molecular flexibility index (Phi) is 3.11. The summed E-state index contributed by atoms with van der Waals surface area (Å²) < 4.78 is 5.84. The monoisotopic (exact) mass is 272 g/mol. The number of hydrogen-bond donors (Lipinski definition) is 1. The fourth-order valence-electron chi connectivity index (χ4n) is 1.63. The van der Waals surface area contributed by atoms with E-state index < -0.39 is 0 Å². The van der Waals surface area contributed by atoms with Crippen molar-refractivity contribution in [2.24, 2.45) is 0 Å². The number of furan rings is 1. The zero-order valence-corrected chi connectivity index (χ0v) is 10.1. The second kappa shape index (κ2) is 4.37. The van der Waals surface area contributed by atoms with E-state index in [2.05, 4.69) is 21.2 Å². The fourth-order valence-corrected chi connectivity index (χ4v) is 1.94. The van der Waals surface area contributed by atoms with Gasteiger partial charge >= 0.3 is 0 Å². The number of halogens is 1. The third kappa shape index (κ3) is 2.08. The van der Waals surface area contributed by atoms with Gasteiger partial charge in [0, 0.05) is 19.6 Å². The highest BCUT2D eigenvalue weighted by atomic mass is 79.9. The molecular formula is C10H13BrN2O2. The Morgan fingerprint density at radius 3 is 2.80 bits per heavy atom. The van der Waals surface area contributed by atoms with Crippen molar-refractivity contribution in [2.75, 3.05) is 19.6 Å². The number of nitrogens with one attached hydrogen (secondary N) is 1. The summed E-state index contributed by atoms with van der Waals surface area (Å²) in [7, 11) is 0. The number of carbonyl (C=O) groups is 1. The van der Waals surface area contributed by atoms with Gasteiger partial charge < -0.3 is 14.6 Å². The van der Waals surface area contributed by atoms with Gasteiger partial charge in [0.15, 0.2) is 10.4 Å². The van der Waals surface area contributed by atoms with Crippen LogP contribution in [0, 0.1) is 0 Å². The van der Waals surface area contributed by atoms with Gasteiger partial charge in [-0.05, 0) is 35.0 Å². The van der Waals surface area contributed by atoms with Crippen molar-refractivity contribution < 1.29 is 9.21 Å². The summed E-state index contributed by atoms with van der Waals surface area (Å²) in [6.45, 7) is 4.45. The van der Waals surface area contributed by atoms with Gasteiger partial charge in [0.25, 0.3) is 5.91 Å². The Morgan fingerprint density at radius 2 is 2.40 bits per heavy atom. The molecule has 2 rings (SSSR count). The van der Waals surface area contributed by atoms with Crippen LogP contribution in [0.15, 0.2) is 21.2 Å². The van der Waals surface area contributed by atoms with Crippen LogP contribution in [0.3, 0.4) is 0 Å². The van der Waals surface area contributed by atoms with Crippen LogP contribution in [0.2, 0.25) is 0 Å². The maximum atomic E-state index is 12.0. The van der Waals surface area contributed by atoms with Gasteiger partial charge in [-0.1, -0.05) is 0 Å². The summed E-state index contributed by atoms with van der Waals surface area (Å²) in [5.74, 6) is 0.366. The first kappa shape index (κ1) is 10.7. The van der Waals surface area contributed by atoms with Crippen molar-refractivity contribution in [2.45, 2.75) is 13.0 Å². The highest BCUT2D eigenvalue weighted by Gasteiger charge is 2.29. The molecule has 0 atom stereocenters. The lowest BCUT2D eigenvalue weighted by Gasteiger charge is -2.37. The van der Waals surface area contributed by atoms with Crippen LogP contribution in [-0.4, -0.2) is 36.5 Å². The predicted molar refractivity (Wildman–Crippen MR) is 59.8 cm³/mol. The summed E-state index contributed by atoms with van der Waals surface area (Å²) >= 11 is 3.19. The van der Waals surface area contributed by atoms with Crippen molar-refractivity contribution in [3.05, 3.63) is 22.6 Å². The molecule has 2 heterocycles. The van der Waals surface area contributed by atoms with E-state index in [9.17, 15) is 4.79 Å². The number of carbonyl (C=O) groups excluding carboxylic acids is 1. The normalized spacial score (nSPS) is 16.1. The third-order valence-electron chi connectivity index (χ3n) is 2.59. The molecule has 1 amide bonds. The minimum atomic E-state index is -0.0327. The average molecular weight is 273 g/mol. The maximum Gasteiger partial charge on any atom is 0.289 e. The first-order valence-electron chi connectivity index (χ1n) is 4.99. The summed E-state index contributed by atoms with van der Waals surface area (Å²) in [5, 5.41) is 3.15. The van der Waals surface area contributed by atoms with Crippen LogP contribution in [-0.2, 0) is 0 Å². The van der Waals surface area contributed by atoms with E-state index in [1.54, 1.807) is 12.1 Å². The van der Waals surface area contributed by atoms with Crippen LogP contribution in [0.1, 0.15) is 17.5 Å². The minimum Gasteiger partial charge on any atom is -0.444 e. The molecule has 1 aliphatic heterocycles. The molecule has 5 heteroatoms. The van der Waals surface area contributed by atoms with Crippen LogP contribution in [0.5, 0.6) is 0 Å². The van der Waals surface area contributed by atoms with Gasteiger partial charge in [-0.3, -0.25) is 4.79 Å². The third-order valence-corrected chi connectivity index (χ3v) is 3.01. The van der Waals surface area contributed by atoms with Crippen molar-refractivity contribution in [1.29, 1.82) is 0 Å². The van der Waals surface area contributed by atoms with Gasteiger partial charge in [-0.2, -0.15) is 0 Å². The molecule has 1 N–H and O–H groups in total. The lowest BCUT2D eigenvalue weighted by molar-refractivity contribution is 0.0596. The van der Waals surface area contributed by atoms with Gasteiger partial charge in [-0.25, -0.2) is 0 Å². The van der Waals surface area contributed by atoms with Crippen molar-refractivity contribution in [1.82, 2.24) is 10.2 Å². The van der Waals surface area contributed by atoms with Gasteiger partial charge in [0.1, 0.15) is 0 Å². The number of likely N-dealkylation sites (N-methyl/N-ethyl adjacent to an activating group) is 1. The molecule has 0 aromatic carbocycles. The van der Waals surface area contributed by atoms with E-state index in [0.717, 1.165) is 13.1 Å². The van der Waals surface area contributed by atoms with E-state index >= 15 is 0 Å². The number of amides is 1. The van der Waals surface area contributed by atoms with Gasteiger partial charge in [-0.15, -0.1) is 0 Å². The summed E-state index contributed by atoms with van der Waals surface area (Å²) in [5.41, 5.74) is 0. The Hall–Kier alpha value is -0.810. The predicted octanol–water partition coefficient (Wildman–Crippen LogP) is 1.48. The Bertz CT molecular complexity index is 360. The Balaban J connectivity index is 2.10. The van der Waals surface area contributed by atoms with Crippen LogP contribution in [0.25, 0.3) is 0 Å². The molecule has 0 unspecified atom stereocenters. The molecule has 4 nitrogen and oxygen atoms in total. The van der Waals surface area contributed by atoms with E-state index in [-0.39, 0.29) is 5.91 Å². The molecule has 15 heavy (non-hydrogen) atoms. The molecular weight excluding hydrogens is 260 g/mol. The maximum absolute atomic E-state index is 12.0. The minimum absolute atomic E-state index is 0.0327. The molecule has 1 aliphatic rings. The van der Waals surface area contributed by atoms with Crippen molar-refractivity contribution in [3.8, 4) is 0 Å². The average Bonchev–Trinajstić information content (AvgIpc) is 2.57. The van der Waals surface area contributed by atoms with Crippen molar-refractivity contribution >= 4 is 21.8 Å². The summed E-state index contributed by atoms with van der Waals surface area (Å²) in [6, 6.07) is 3.74. The summed E-state index contributed by atoms with van der Waals surface area (Å²) in [6.07, 6.45) is 0. The zero-order chi connectivity index (χ0) is 10.8. The largest absolute Gasteiger partial charge is 0.444 e. The SMILES string of the molecule is CCN(C(=O)c1ccc(Br)o1)C1CNC1. The molecule has 0 bridgehead atoms. The Morgan fingerprint density at radius 1 is 1.67 bits per heavy atom. The molecule has 0 aliphatic carbocycles. The van der Waals surface area contributed by atoms with Gasteiger partial charge in [0.05, 0.1) is 6.04 Å².